The molecule has 3 aromatic rings. The van der Waals surface area contributed by atoms with Crippen LogP contribution in [0, 0.1) is 11.6 Å². The van der Waals surface area contributed by atoms with Crippen molar-refractivity contribution in [3.8, 4) is 11.1 Å². The zero-order valence-corrected chi connectivity index (χ0v) is 19.4. The third-order valence-corrected chi connectivity index (χ3v) is 7.23. The number of aliphatic hydroxyl groups excluding tert-OH is 1. The van der Waals surface area contributed by atoms with E-state index in [2.05, 4.69) is 10.2 Å². The Morgan fingerprint density at radius 1 is 0.943 bits per heavy atom. The number of halogens is 2. The number of anilines is 1. The average Bonchev–Trinajstić information content (AvgIpc) is 2.85. The van der Waals surface area contributed by atoms with Gasteiger partial charge in [0.1, 0.15) is 11.6 Å². The molecule has 3 atom stereocenters. The second-order valence-electron chi connectivity index (χ2n) is 9.27. The summed E-state index contributed by atoms with van der Waals surface area (Å²) in [6.45, 7) is 2.09. The predicted octanol–water partition coefficient (Wildman–Crippen LogP) is 5.09. The van der Waals surface area contributed by atoms with Crippen molar-refractivity contribution in [2.45, 2.75) is 30.8 Å². The molecule has 0 spiro atoms. The molecule has 2 aliphatic heterocycles. The van der Waals surface area contributed by atoms with Crippen molar-refractivity contribution < 1.29 is 18.7 Å². The zero-order valence-electron chi connectivity index (χ0n) is 19.4. The summed E-state index contributed by atoms with van der Waals surface area (Å²) in [7, 11) is 0. The first-order valence-electron chi connectivity index (χ1n) is 12.1. The van der Waals surface area contributed by atoms with Crippen molar-refractivity contribution >= 4 is 11.7 Å². The minimum atomic E-state index is -0.349. The smallest absolute Gasteiger partial charge is 0.321 e. The van der Waals surface area contributed by atoms with E-state index in [0.717, 1.165) is 30.5 Å². The number of carbonyl (C=O) groups is 1. The predicted molar refractivity (Wildman–Crippen MR) is 132 cm³/mol. The highest BCUT2D eigenvalue weighted by molar-refractivity contribution is 5.89. The molecule has 5 nitrogen and oxygen atoms in total. The van der Waals surface area contributed by atoms with Crippen LogP contribution in [-0.4, -0.2) is 59.3 Å². The molecule has 0 aliphatic carbocycles. The van der Waals surface area contributed by atoms with Crippen LogP contribution in [0.5, 0.6) is 0 Å². The molecule has 7 heteroatoms. The fourth-order valence-electron chi connectivity index (χ4n) is 5.44. The van der Waals surface area contributed by atoms with Crippen LogP contribution in [0.4, 0.5) is 19.3 Å². The summed E-state index contributed by atoms with van der Waals surface area (Å²) in [5.41, 5.74) is 2.99. The lowest BCUT2D eigenvalue weighted by atomic mass is 9.74. The largest absolute Gasteiger partial charge is 0.395 e. The Balaban J connectivity index is 1.35. The summed E-state index contributed by atoms with van der Waals surface area (Å²) in [6, 6.07) is 20.2. The molecule has 2 heterocycles. The standard InChI is InChI=1S/C28H29F2N3O2/c29-21-11-13-22(14-12-21)31-28(35)32-15-3-4-16-33-25(17-32)27(26(33)18-34)20-9-7-19(8-10-20)23-5-1-2-6-24(23)30/h1-2,5-14,25-27,34H,3-4,15-18H2,(H,31,35)/t25-,26+,27-/m1/s1. The third-order valence-electron chi connectivity index (χ3n) is 7.23. The quantitative estimate of drug-likeness (QED) is 0.551. The van der Waals surface area contributed by atoms with Crippen LogP contribution in [0.2, 0.25) is 0 Å². The fraction of sp³-hybridized carbons (Fsp3) is 0.321. The lowest BCUT2D eigenvalue weighted by Crippen LogP contribution is -2.68. The van der Waals surface area contributed by atoms with E-state index in [0.29, 0.717) is 24.3 Å². The molecule has 2 aliphatic rings. The first-order valence-corrected chi connectivity index (χ1v) is 12.1. The number of urea groups is 1. The van der Waals surface area contributed by atoms with Crippen LogP contribution in [0.1, 0.15) is 24.3 Å². The number of nitrogens with zero attached hydrogens (tertiary/aromatic N) is 2. The number of nitrogens with one attached hydrogen (secondary N) is 1. The highest BCUT2D eigenvalue weighted by atomic mass is 19.1. The molecular formula is C28H29F2N3O2. The Kier molecular flexibility index (Phi) is 6.79. The Hall–Kier alpha value is -3.29. The van der Waals surface area contributed by atoms with Gasteiger partial charge >= 0.3 is 6.03 Å². The molecule has 2 saturated heterocycles. The highest BCUT2D eigenvalue weighted by Gasteiger charge is 2.49. The molecule has 3 aromatic carbocycles. The van der Waals surface area contributed by atoms with Gasteiger partial charge in [0, 0.05) is 42.3 Å². The van der Waals surface area contributed by atoms with Gasteiger partial charge in [0.25, 0.3) is 0 Å². The number of amides is 2. The second-order valence-corrected chi connectivity index (χ2v) is 9.27. The second kappa shape index (κ2) is 10.1. The number of rotatable bonds is 4. The molecule has 182 valence electrons. The fourth-order valence-corrected chi connectivity index (χ4v) is 5.44. The maximum Gasteiger partial charge on any atom is 0.321 e. The maximum absolute atomic E-state index is 14.2. The lowest BCUT2D eigenvalue weighted by molar-refractivity contribution is -0.0585. The van der Waals surface area contributed by atoms with Crippen LogP contribution >= 0.6 is 0 Å². The van der Waals surface area contributed by atoms with Crippen molar-refractivity contribution in [3.05, 3.63) is 90.0 Å². The summed E-state index contributed by atoms with van der Waals surface area (Å²) in [5, 5.41) is 13.0. The molecule has 35 heavy (non-hydrogen) atoms. The number of benzene rings is 3. The van der Waals surface area contributed by atoms with E-state index in [4.69, 9.17) is 0 Å². The van der Waals surface area contributed by atoms with E-state index in [9.17, 15) is 18.7 Å². The molecule has 0 radical (unpaired) electrons. The third kappa shape index (κ3) is 4.79. The van der Waals surface area contributed by atoms with Crippen molar-refractivity contribution in [3.63, 3.8) is 0 Å². The number of fused-ring (bicyclic) bond motifs is 1. The Bertz CT molecular complexity index is 1170. The van der Waals surface area contributed by atoms with Gasteiger partial charge in [-0.05, 0) is 60.8 Å². The number of carbonyl (C=O) groups excluding carboxylic acids is 1. The van der Waals surface area contributed by atoms with Gasteiger partial charge in [0.05, 0.1) is 6.61 Å². The summed E-state index contributed by atoms with van der Waals surface area (Å²) >= 11 is 0. The Morgan fingerprint density at radius 2 is 1.66 bits per heavy atom. The van der Waals surface area contributed by atoms with Crippen LogP contribution in [0.25, 0.3) is 11.1 Å². The minimum Gasteiger partial charge on any atom is -0.395 e. The van der Waals surface area contributed by atoms with Crippen molar-refractivity contribution in [2.24, 2.45) is 0 Å². The van der Waals surface area contributed by atoms with Gasteiger partial charge in [0.2, 0.25) is 0 Å². The van der Waals surface area contributed by atoms with Gasteiger partial charge in [-0.2, -0.15) is 0 Å². The SMILES string of the molecule is O=C(Nc1ccc(F)cc1)N1CCCCN2[C@H](C1)[C@@H](c1ccc(-c3ccccc3F)cc1)[C@@H]2CO. The summed E-state index contributed by atoms with van der Waals surface area (Å²) in [6.07, 6.45) is 1.81. The molecule has 2 amide bonds. The zero-order chi connectivity index (χ0) is 24.4. The summed E-state index contributed by atoms with van der Waals surface area (Å²) in [4.78, 5) is 17.2. The topological polar surface area (TPSA) is 55.8 Å². The molecule has 2 N–H and O–H groups in total. The summed E-state index contributed by atoms with van der Waals surface area (Å²) in [5.74, 6) is -0.543. The van der Waals surface area contributed by atoms with Crippen molar-refractivity contribution in [2.75, 3.05) is 31.6 Å². The van der Waals surface area contributed by atoms with E-state index in [1.54, 1.807) is 24.3 Å². The molecular weight excluding hydrogens is 448 g/mol. The maximum atomic E-state index is 14.2. The van der Waals surface area contributed by atoms with Gasteiger partial charge in [-0.1, -0.05) is 42.5 Å². The summed E-state index contributed by atoms with van der Waals surface area (Å²) < 4.78 is 27.5. The Labute approximate surface area is 204 Å². The van der Waals surface area contributed by atoms with Crippen molar-refractivity contribution in [1.82, 2.24) is 9.80 Å². The number of aliphatic hydroxyl groups is 1. The normalized spacial score (nSPS) is 22.5. The van der Waals surface area contributed by atoms with Crippen LogP contribution in [0.15, 0.2) is 72.8 Å². The van der Waals surface area contributed by atoms with E-state index >= 15 is 0 Å². The van der Waals surface area contributed by atoms with Crippen LogP contribution in [0.3, 0.4) is 0 Å². The molecule has 0 aromatic heterocycles. The lowest BCUT2D eigenvalue weighted by Gasteiger charge is -2.57. The van der Waals surface area contributed by atoms with E-state index in [1.165, 1.54) is 18.2 Å². The first kappa shape index (κ1) is 23.5. The molecule has 0 saturated carbocycles. The van der Waals surface area contributed by atoms with Gasteiger partial charge in [-0.3, -0.25) is 4.90 Å². The Morgan fingerprint density at radius 3 is 2.37 bits per heavy atom. The highest BCUT2D eigenvalue weighted by Crippen LogP contribution is 2.42. The van der Waals surface area contributed by atoms with Gasteiger partial charge < -0.3 is 15.3 Å². The van der Waals surface area contributed by atoms with E-state index < -0.39 is 0 Å². The van der Waals surface area contributed by atoms with Gasteiger partial charge in [-0.25, -0.2) is 13.6 Å². The average molecular weight is 478 g/mol. The van der Waals surface area contributed by atoms with E-state index in [1.807, 2.05) is 35.2 Å². The first-order chi connectivity index (χ1) is 17.0. The van der Waals surface area contributed by atoms with Crippen LogP contribution in [-0.2, 0) is 0 Å². The molecule has 0 bridgehead atoms. The molecule has 2 fully saturated rings. The van der Waals surface area contributed by atoms with Gasteiger partial charge in [0.15, 0.2) is 0 Å². The van der Waals surface area contributed by atoms with Crippen LogP contribution < -0.4 is 5.32 Å². The minimum absolute atomic E-state index is 0.0144. The molecule has 5 rings (SSSR count). The van der Waals surface area contributed by atoms with Gasteiger partial charge in [-0.15, -0.1) is 0 Å². The monoisotopic (exact) mass is 477 g/mol. The van der Waals surface area contributed by atoms with E-state index in [-0.39, 0.29) is 42.3 Å². The molecule has 0 unspecified atom stereocenters. The van der Waals surface area contributed by atoms with Crippen molar-refractivity contribution in [1.29, 1.82) is 0 Å². The number of hydrogen-bond donors (Lipinski definition) is 2. The number of hydrogen-bond acceptors (Lipinski definition) is 3.